The Morgan fingerprint density at radius 2 is 1.71 bits per heavy atom. The smallest absolute Gasteiger partial charge is 0.166 e. The second kappa shape index (κ2) is 4.13. The molecule has 0 bridgehead atoms. The third kappa shape index (κ3) is 2.49. The first-order valence-corrected chi connectivity index (χ1v) is 4.01. The SMILES string of the molecule is C=C/C=C(\c1ccccc1)C(F)(F)F. The van der Waals surface area contributed by atoms with Crippen LogP contribution in [-0.4, -0.2) is 6.18 Å². The molecule has 0 aliphatic rings. The molecule has 0 fully saturated rings. The number of alkyl halides is 3. The Hall–Kier alpha value is -1.51. The van der Waals surface area contributed by atoms with Gasteiger partial charge in [-0.25, -0.2) is 0 Å². The lowest BCUT2D eigenvalue weighted by atomic mass is 10.1. The van der Waals surface area contributed by atoms with Gasteiger partial charge >= 0.3 is 6.18 Å². The molecule has 0 amide bonds. The minimum absolute atomic E-state index is 0.153. The first-order valence-electron chi connectivity index (χ1n) is 4.01. The van der Waals surface area contributed by atoms with Crippen molar-refractivity contribution in [1.29, 1.82) is 0 Å². The van der Waals surface area contributed by atoms with Crippen LogP contribution in [0.1, 0.15) is 5.56 Å². The van der Waals surface area contributed by atoms with Crippen molar-refractivity contribution in [2.75, 3.05) is 0 Å². The van der Waals surface area contributed by atoms with E-state index < -0.39 is 11.7 Å². The predicted octanol–water partition coefficient (Wildman–Crippen LogP) is 3.82. The summed E-state index contributed by atoms with van der Waals surface area (Å²) in [6, 6.07) is 7.65. The Morgan fingerprint density at radius 3 is 2.14 bits per heavy atom. The van der Waals surface area contributed by atoms with Gasteiger partial charge in [-0.3, -0.25) is 0 Å². The van der Waals surface area contributed by atoms with Crippen LogP contribution in [0.3, 0.4) is 0 Å². The molecule has 1 aromatic carbocycles. The number of allylic oxidation sites excluding steroid dienone is 3. The Labute approximate surface area is 80.4 Å². The van der Waals surface area contributed by atoms with E-state index in [1.807, 2.05) is 0 Å². The molecule has 14 heavy (non-hydrogen) atoms. The van der Waals surface area contributed by atoms with Crippen LogP contribution in [0.25, 0.3) is 5.57 Å². The van der Waals surface area contributed by atoms with Crippen LogP contribution in [0.2, 0.25) is 0 Å². The molecule has 0 spiro atoms. The highest BCUT2D eigenvalue weighted by molar-refractivity contribution is 5.70. The van der Waals surface area contributed by atoms with Gasteiger partial charge in [0.2, 0.25) is 0 Å². The van der Waals surface area contributed by atoms with Gasteiger partial charge in [-0.05, 0) is 11.6 Å². The minimum atomic E-state index is -4.34. The maximum atomic E-state index is 12.5. The standard InChI is InChI=1S/C11H9F3/c1-2-6-10(11(12,13)14)9-7-4-3-5-8-9/h2-8H,1H2/b10-6+. The van der Waals surface area contributed by atoms with Gasteiger partial charge in [0.25, 0.3) is 0 Å². The summed E-state index contributed by atoms with van der Waals surface area (Å²) in [5.74, 6) is 0. The fraction of sp³-hybridized carbons (Fsp3) is 0.0909. The predicted molar refractivity (Wildman–Crippen MR) is 50.7 cm³/mol. The zero-order valence-electron chi connectivity index (χ0n) is 7.38. The van der Waals surface area contributed by atoms with Gasteiger partial charge in [0.15, 0.2) is 0 Å². The normalized spacial score (nSPS) is 12.6. The Morgan fingerprint density at radius 1 is 1.14 bits per heavy atom. The molecule has 0 unspecified atom stereocenters. The molecule has 0 N–H and O–H groups in total. The van der Waals surface area contributed by atoms with E-state index in [1.165, 1.54) is 12.1 Å². The summed E-state index contributed by atoms with van der Waals surface area (Å²) in [4.78, 5) is 0. The van der Waals surface area contributed by atoms with Crippen molar-refractivity contribution in [2.24, 2.45) is 0 Å². The van der Waals surface area contributed by atoms with Crippen LogP contribution < -0.4 is 0 Å². The lowest BCUT2D eigenvalue weighted by Crippen LogP contribution is -2.10. The van der Waals surface area contributed by atoms with Crippen molar-refractivity contribution >= 4 is 5.57 Å². The largest absolute Gasteiger partial charge is 0.416 e. The van der Waals surface area contributed by atoms with Gasteiger partial charge in [-0.2, -0.15) is 13.2 Å². The summed E-state index contributed by atoms with van der Waals surface area (Å²) in [6.07, 6.45) is -2.24. The molecule has 0 saturated heterocycles. The molecule has 0 radical (unpaired) electrons. The van der Waals surface area contributed by atoms with Gasteiger partial charge < -0.3 is 0 Å². The number of benzene rings is 1. The van der Waals surface area contributed by atoms with Crippen molar-refractivity contribution in [2.45, 2.75) is 6.18 Å². The summed E-state index contributed by atoms with van der Waals surface area (Å²) in [5, 5.41) is 0. The molecule has 0 aliphatic carbocycles. The molecule has 0 aromatic heterocycles. The molecule has 0 saturated carbocycles. The van der Waals surface area contributed by atoms with Crippen molar-refractivity contribution in [1.82, 2.24) is 0 Å². The maximum absolute atomic E-state index is 12.5. The quantitative estimate of drug-likeness (QED) is 0.634. The summed E-state index contributed by atoms with van der Waals surface area (Å²) in [7, 11) is 0. The number of hydrogen-bond acceptors (Lipinski definition) is 0. The molecule has 0 aliphatic heterocycles. The van der Waals surface area contributed by atoms with Crippen molar-refractivity contribution in [3.8, 4) is 0 Å². The van der Waals surface area contributed by atoms with Crippen LogP contribution in [0.5, 0.6) is 0 Å². The van der Waals surface area contributed by atoms with Crippen LogP contribution >= 0.6 is 0 Å². The van der Waals surface area contributed by atoms with Crippen molar-refractivity contribution in [3.05, 3.63) is 54.6 Å². The first-order chi connectivity index (χ1) is 6.55. The lowest BCUT2D eigenvalue weighted by Gasteiger charge is -2.10. The highest BCUT2D eigenvalue weighted by Gasteiger charge is 2.33. The molecule has 0 heterocycles. The number of rotatable bonds is 2. The van der Waals surface area contributed by atoms with Crippen molar-refractivity contribution < 1.29 is 13.2 Å². The molecular weight excluding hydrogens is 189 g/mol. The van der Waals surface area contributed by atoms with Crippen LogP contribution in [0.4, 0.5) is 13.2 Å². The van der Waals surface area contributed by atoms with Gasteiger partial charge in [-0.15, -0.1) is 0 Å². The van der Waals surface area contributed by atoms with E-state index in [4.69, 9.17) is 0 Å². The van der Waals surface area contributed by atoms with Crippen LogP contribution in [0, 0.1) is 0 Å². The van der Waals surface area contributed by atoms with Crippen LogP contribution in [-0.2, 0) is 0 Å². The summed E-state index contributed by atoms with van der Waals surface area (Å²) in [5.41, 5.74) is -0.520. The van der Waals surface area contributed by atoms with E-state index in [-0.39, 0.29) is 5.56 Å². The van der Waals surface area contributed by atoms with Gasteiger partial charge in [0, 0.05) is 0 Å². The Kier molecular flexibility index (Phi) is 3.12. The minimum Gasteiger partial charge on any atom is -0.166 e. The van der Waals surface area contributed by atoms with E-state index in [9.17, 15) is 13.2 Å². The van der Waals surface area contributed by atoms with E-state index in [1.54, 1.807) is 18.2 Å². The zero-order valence-corrected chi connectivity index (χ0v) is 7.38. The molecule has 3 heteroatoms. The van der Waals surface area contributed by atoms with Gasteiger partial charge in [0.1, 0.15) is 0 Å². The van der Waals surface area contributed by atoms with E-state index in [0.29, 0.717) is 0 Å². The highest BCUT2D eigenvalue weighted by Crippen LogP contribution is 2.33. The summed E-state index contributed by atoms with van der Waals surface area (Å²) < 4.78 is 37.4. The van der Waals surface area contributed by atoms with E-state index >= 15 is 0 Å². The van der Waals surface area contributed by atoms with Crippen molar-refractivity contribution in [3.63, 3.8) is 0 Å². The third-order valence-corrected chi connectivity index (χ3v) is 1.67. The van der Waals surface area contributed by atoms with Gasteiger partial charge in [0.05, 0.1) is 5.57 Å². The molecule has 1 rings (SSSR count). The molecule has 0 atom stereocenters. The number of halogens is 3. The molecule has 0 nitrogen and oxygen atoms in total. The van der Waals surface area contributed by atoms with Gasteiger partial charge in [-0.1, -0.05) is 43.0 Å². The van der Waals surface area contributed by atoms with E-state index in [0.717, 1.165) is 12.2 Å². The second-order valence-electron chi connectivity index (χ2n) is 2.68. The Balaban J connectivity index is 3.15. The Bertz CT molecular complexity index is 333. The highest BCUT2D eigenvalue weighted by atomic mass is 19.4. The molecular formula is C11H9F3. The molecule has 1 aromatic rings. The first kappa shape index (κ1) is 10.6. The topological polar surface area (TPSA) is 0 Å². The molecule has 74 valence electrons. The lowest BCUT2D eigenvalue weighted by molar-refractivity contribution is -0.0688. The fourth-order valence-corrected chi connectivity index (χ4v) is 1.09. The monoisotopic (exact) mass is 198 g/mol. The second-order valence-corrected chi connectivity index (χ2v) is 2.68. The maximum Gasteiger partial charge on any atom is 0.416 e. The third-order valence-electron chi connectivity index (χ3n) is 1.67. The van der Waals surface area contributed by atoms with E-state index in [2.05, 4.69) is 6.58 Å². The fourth-order valence-electron chi connectivity index (χ4n) is 1.09. The average molecular weight is 198 g/mol. The summed E-state index contributed by atoms with van der Waals surface area (Å²) >= 11 is 0. The zero-order chi connectivity index (χ0) is 10.6. The van der Waals surface area contributed by atoms with Crippen LogP contribution in [0.15, 0.2) is 49.1 Å². The summed E-state index contributed by atoms with van der Waals surface area (Å²) in [6.45, 7) is 3.26. The number of hydrogen-bond donors (Lipinski definition) is 0. The average Bonchev–Trinajstić information content (AvgIpc) is 2.14.